The maximum atomic E-state index is 12.7. The van der Waals surface area contributed by atoms with E-state index in [1.807, 2.05) is 31.2 Å². The lowest BCUT2D eigenvalue weighted by molar-refractivity contribution is -0.141. The van der Waals surface area contributed by atoms with Gasteiger partial charge < -0.3 is 14.7 Å². The first-order chi connectivity index (χ1) is 11.0. The van der Waals surface area contributed by atoms with Gasteiger partial charge in [-0.3, -0.25) is 14.4 Å². The lowest BCUT2D eigenvalue weighted by Gasteiger charge is -2.27. The number of rotatable bonds is 3. The number of carbonyl (C=O) groups excluding carboxylic acids is 3. The molecule has 1 aromatic carbocycles. The molecule has 0 bridgehead atoms. The lowest BCUT2D eigenvalue weighted by Crippen LogP contribution is -2.46. The highest BCUT2D eigenvalue weighted by Crippen LogP contribution is 2.24. The van der Waals surface area contributed by atoms with Gasteiger partial charge in [-0.2, -0.15) is 0 Å². The molecule has 3 amide bonds. The van der Waals surface area contributed by atoms with Gasteiger partial charge in [0.05, 0.1) is 6.67 Å². The molecule has 0 radical (unpaired) electrons. The number of benzene rings is 1. The summed E-state index contributed by atoms with van der Waals surface area (Å²) in [6.07, 6.45) is 0.915. The van der Waals surface area contributed by atoms with E-state index >= 15 is 0 Å². The molecule has 0 aliphatic carbocycles. The highest BCUT2D eigenvalue weighted by molar-refractivity contribution is 5.94. The summed E-state index contributed by atoms with van der Waals surface area (Å²) in [6.45, 7) is 2.87. The number of likely N-dealkylation sites (N-methyl/N-ethyl adjacent to an activating group) is 1. The number of hydrogen-bond acceptors (Lipinski definition) is 3. The summed E-state index contributed by atoms with van der Waals surface area (Å²) in [5.74, 6) is -0.184. The van der Waals surface area contributed by atoms with Crippen molar-refractivity contribution in [1.29, 1.82) is 0 Å². The zero-order valence-corrected chi connectivity index (χ0v) is 13.5. The van der Waals surface area contributed by atoms with Gasteiger partial charge in [0, 0.05) is 20.0 Å². The van der Waals surface area contributed by atoms with Crippen LogP contribution in [0.15, 0.2) is 24.3 Å². The molecule has 1 aromatic rings. The Bertz CT molecular complexity index is 641. The molecule has 1 atom stereocenters. The molecule has 0 saturated carbocycles. The Morgan fingerprint density at radius 1 is 1.17 bits per heavy atom. The molecule has 2 heterocycles. The molecular weight excluding hydrogens is 294 g/mol. The highest BCUT2D eigenvalue weighted by atomic mass is 16.2. The SMILES string of the molecule is Cc1ccc(CN2C(=O)CCC2C(=O)N2CC(=O)N(C)C2)cc1. The summed E-state index contributed by atoms with van der Waals surface area (Å²) < 4.78 is 0. The molecule has 122 valence electrons. The second-order valence-corrected chi connectivity index (χ2v) is 6.33. The van der Waals surface area contributed by atoms with Gasteiger partial charge >= 0.3 is 0 Å². The topological polar surface area (TPSA) is 60.9 Å². The molecule has 3 rings (SSSR count). The molecule has 1 unspecified atom stereocenters. The molecule has 23 heavy (non-hydrogen) atoms. The molecule has 2 aliphatic heterocycles. The van der Waals surface area contributed by atoms with Crippen LogP contribution in [-0.4, -0.2) is 58.7 Å². The predicted octanol–water partition coefficient (Wildman–Crippen LogP) is 0.744. The average Bonchev–Trinajstić information content (AvgIpc) is 3.05. The zero-order valence-electron chi connectivity index (χ0n) is 13.5. The minimum atomic E-state index is -0.455. The Kier molecular flexibility index (Phi) is 4.07. The van der Waals surface area contributed by atoms with E-state index in [1.165, 1.54) is 9.80 Å². The predicted molar refractivity (Wildman–Crippen MR) is 84.1 cm³/mol. The Balaban J connectivity index is 1.73. The van der Waals surface area contributed by atoms with E-state index in [9.17, 15) is 14.4 Å². The number of carbonyl (C=O) groups is 3. The normalized spacial score (nSPS) is 21.5. The molecular formula is C17H21N3O3. The first-order valence-corrected chi connectivity index (χ1v) is 7.83. The van der Waals surface area contributed by atoms with Gasteiger partial charge in [-0.15, -0.1) is 0 Å². The van der Waals surface area contributed by atoms with Crippen molar-refractivity contribution in [2.75, 3.05) is 20.3 Å². The van der Waals surface area contributed by atoms with Gasteiger partial charge in [-0.25, -0.2) is 0 Å². The lowest BCUT2D eigenvalue weighted by atomic mass is 10.1. The first-order valence-electron chi connectivity index (χ1n) is 7.83. The van der Waals surface area contributed by atoms with Crippen LogP contribution in [0.4, 0.5) is 0 Å². The van der Waals surface area contributed by atoms with E-state index in [1.54, 1.807) is 11.9 Å². The summed E-state index contributed by atoms with van der Waals surface area (Å²) in [6, 6.07) is 7.51. The smallest absolute Gasteiger partial charge is 0.247 e. The minimum Gasteiger partial charge on any atom is -0.326 e. The third-order valence-corrected chi connectivity index (χ3v) is 4.53. The summed E-state index contributed by atoms with van der Waals surface area (Å²) in [7, 11) is 1.68. The number of amides is 3. The van der Waals surface area contributed by atoms with Crippen LogP contribution in [0.2, 0.25) is 0 Å². The fraction of sp³-hybridized carbons (Fsp3) is 0.471. The van der Waals surface area contributed by atoms with E-state index in [-0.39, 0.29) is 24.3 Å². The van der Waals surface area contributed by atoms with Crippen molar-refractivity contribution in [3.63, 3.8) is 0 Å². The number of nitrogens with zero attached hydrogens (tertiary/aromatic N) is 3. The molecule has 2 saturated heterocycles. The largest absolute Gasteiger partial charge is 0.326 e. The first kappa shape index (κ1) is 15.5. The third kappa shape index (κ3) is 3.06. The summed E-state index contributed by atoms with van der Waals surface area (Å²) in [4.78, 5) is 41.2. The number of aryl methyl sites for hydroxylation is 1. The van der Waals surface area contributed by atoms with Gasteiger partial charge in [0.1, 0.15) is 12.6 Å². The van der Waals surface area contributed by atoms with Crippen LogP contribution in [0.1, 0.15) is 24.0 Å². The Morgan fingerprint density at radius 2 is 1.87 bits per heavy atom. The van der Waals surface area contributed by atoms with E-state index < -0.39 is 6.04 Å². The van der Waals surface area contributed by atoms with Crippen LogP contribution >= 0.6 is 0 Å². The molecule has 2 aliphatic rings. The second-order valence-electron chi connectivity index (χ2n) is 6.33. The van der Waals surface area contributed by atoms with Crippen LogP contribution in [-0.2, 0) is 20.9 Å². The molecule has 0 spiro atoms. The monoisotopic (exact) mass is 315 g/mol. The zero-order chi connectivity index (χ0) is 16.6. The van der Waals surface area contributed by atoms with Crippen molar-refractivity contribution in [3.8, 4) is 0 Å². The van der Waals surface area contributed by atoms with E-state index in [2.05, 4.69) is 0 Å². The summed E-state index contributed by atoms with van der Waals surface area (Å²) in [5.41, 5.74) is 2.17. The van der Waals surface area contributed by atoms with Crippen molar-refractivity contribution in [2.45, 2.75) is 32.4 Å². The molecule has 6 nitrogen and oxygen atoms in total. The van der Waals surface area contributed by atoms with Crippen molar-refractivity contribution in [3.05, 3.63) is 35.4 Å². The average molecular weight is 315 g/mol. The van der Waals surface area contributed by atoms with Crippen LogP contribution < -0.4 is 0 Å². The van der Waals surface area contributed by atoms with E-state index in [0.717, 1.165) is 11.1 Å². The second kappa shape index (κ2) is 6.02. The fourth-order valence-electron chi connectivity index (χ4n) is 3.11. The standard InChI is InChI=1S/C17H21N3O3/c1-12-3-5-13(6-4-12)9-20-14(7-8-15(20)21)17(23)19-10-16(22)18(2)11-19/h3-6,14H,7-11H2,1-2H3. The van der Waals surface area contributed by atoms with Crippen molar-refractivity contribution < 1.29 is 14.4 Å². The van der Waals surface area contributed by atoms with Gasteiger partial charge in [0.15, 0.2) is 0 Å². The Labute approximate surface area is 135 Å². The maximum Gasteiger partial charge on any atom is 0.247 e. The fourth-order valence-corrected chi connectivity index (χ4v) is 3.11. The summed E-state index contributed by atoms with van der Waals surface area (Å²) >= 11 is 0. The number of likely N-dealkylation sites (tertiary alicyclic amines) is 1. The highest BCUT2D eigenvalue weighted by Gasteiger charge is 2.40. The van der Waals surface area contributed by atoms with Gasteiger partial charge in [0.2, 0.25) is 17.7 Å². The van der Waals surface area contributed by atoms with E-state index in [4.69, 9.17) is 0 Å². The molecule has 2 fully saturated rings. The van der Waals surface area contributed by atoms with Crippen molar-refractivity contribution in [2.24, 2.45) is 0 Å². The van der Waals surface area contributed by atoms with Crippen LogP contribution in [0.3, 0.4) is 0 Å². The van der Waals surface area contributed by atoms with E-state index in [0.29, 0.717) is 26.1 Å². The quantitative estimate of drug-likeness (QED) is 0.827. The van der Waals surface area contributed by atoms with Crippen LogP contribution in [0.25, 0.3) is 0 Å². The van der Waals surface area contributed by atoms with Crippen molar-refractivity contribution in [1.82, 2.24) is 14.7 Å². The number of hydrogen-bond donors (Lipinski definition) is 0. The van der Waals surface area contributed by atoms with Gasteiger partial charge in [-0.05, 0) is 18.9 Å². The molecule has 0 N–H and O–H groups in total. The minimum absolute atomic E-state index is 0.00260. The maximum absolute atomic E-state index is 12.7. The Morgan fingerprint density at radius 3 is 2.48 bits per heavy atom. The Hall–Kier alpha value is -2.37. The van der Waals surface area contributed by atoms with Gasteiger partial charge in [0.25, 0.3) is 0 Å². The molecule has 0 aromatic heterocycles. The third-order valence-electron chi connectivity index (χ3n) is 4.53. The van der Waals surface area contributed by atoms with Crippen molar-refractivity contribution >= 4 is 17.7 Å². The van der Waals surface area contributed by atoms with Crippen LogP contribution in [0, 0.1) is 6.92 Å². The van der Waals surface area contributed by atoms with Gasteiger partial charge in [-0.1, -0.05) is 29.8 Å². The molecule has 6 heteroatoms. The van der Waals surface area contributed by atoms with Crippen LogP contribution in [0.5, 0.6) is 0 Å². The summed E-state index contributed by atoms with van der Waals surface area (Å²) in [5, 5.41) is 0.